The molecule has 2 aromatic carbocycles. The van der Waals surface area contributed by atoms with Crippen molar-refractivity contribution < 1.29 is 37.7 Å². The van der Waals surface area contributed by atoms with Crippen molar-refractivity contribution in [1.29, 1.82) is 0 Å². The van der Waals surface area contributed by atoms with Gasteiger partial charge in [-0.25, -0.2) is 18.0 Å². The quantitative estimate of drug-likeness (QED) is 0.467. The summed E-state index contributed by atoms with van der Waals surface area (Å²) in [7, 11) is 0. The third-order valence-electron chi connectivity index (χ3n) is 6.49. The zero-order chi connectivity index (χ0) is 26.9. The van der Waals surface area contributed by atoms with E-state index in [1.807, 2.05) is 18.7 Å². The minimum atomic E-state index is -1.43. The zero-order valence-corrected chi connectivity index (χ0v) is 20.3. The van der Waals surface area contributed by atoms with Crippen molar-refractivity contribution in [3.05, 3.63) is 69.3 Å². The fourth-order valence-electron chi connectivity index (χ4n) is 4.44. The van der Waals surface area contributed by atoms with E-state index in [0.29, 0.717) is 49.6 Å². The molecule has 8 nitrogen and oxygen atoms in total. The van der Waals surface area contributed by atoms with Crippen LogP contribution in [-0.4, -0.2) is 53.7 Å². The van der Waals surface area contributed by atoms with Gasteiger partial charge < -0.3 is 29.2 Å². The van der Waals surface area contributed by atoms with Gasteiger partial charge in [0.2, 0.25) is 5.43 Å². The summed E-state index contributed by atoms with van der Waals surface area (Å²) in [5, 5.41) is 19.7. The monoisotopic (exact) mass is 520 g/mol. The Kier molecular flexibility index (Phi) is 7.74. The molecule has 198 valence electrons. The number of aromatic nitrogens is 1. The Labute approximate surface area is 210 Å². The van der Waals surface area contributed by atoms with Crippen LogP contribution in [0.1, 0.15) is 35.8 Å². The maximum atomic E-state index is 14.3. The number of anilines is 1. The summed E-state index contributed by atoms with van der Waals surface area (Å²) < 4.78 is 54.6. The average Bonchev–Trinajstić information content (AvgIpc) is 2.85. The van der Waals surface area contributed by atoms with Crippen LogP contribution in [0, 0.1) is 23.4 Å². The van der Waals surface area contributed by atoms with Gasteiger partial charge in [0, 0.05) is 31.4 Å². The van der Waals surface area contributed by atoms with Crippen LogP contribution >= 0.6 is 0 Å². The first-order valence-corrected chi connectivity index (χ1v) is 11.8. The summed E-state index contributed by atoms with van der Waals surface area (Å²) in [6.07, 6.45) is 1.22. The maximum Gasteiger partial charge on any atom is 0.341 e. The molecule has 0 bridgehead atoms. The first-order chi connectivity index (χ1) is 17.6. The number of halogens is 3. The normalized spacial score (nSPS) is 14.8. The van der Waals surface area contributed by atoms with Gasteiger partial charge in [0.1, 0.15) is 35.4 Å². The molecule has 1 aromatic heterocycles. The predicted molar refractivity (Wildman–Crippen MR) is 130 cm³/mol. The van der Waals surface area contributed by atoms with Crippen LogP contribution in [0.4, 0.5) is 18.9 Å². The molecule has 0 radical (unpaired) electrons. The number of fused-ring (bicyclic) bond motifs is 1. The summed E-state index contributed by atoms with van der Waals surface area (Å²) in [6, 6.07) is 3.55. The number of carboxylic acids is 1. The minimum Gasteiger partial charge on any atom is -0.486 e. The lowest BCUT2D eigenvalue weighted by molar-refractivity contribution is 0.0694. The highest BCUT2D eigenvalue weighted by Crippen LogP contribution is 2.36. The van der Waals surface area contributed by atoms with E-state index in [4.69, 9.17) is 9.47 Å². The van der Waals surface area contributed by atoms with Gasteiger partial charge in [-0.15, -0.1) is 0 Å². The fourth-order valence-corrected chi connectivity index (χ4v) is 4.44. The summed E-state index contributed by atoms with van der Waals surface area (Å²) in [4.78, 5) is 26.9. The number of morpholine rings is 1. The SMILES string of the molecule is CC(C)C(CO)n1cc(C(=O)O)c(=O)c2cc(OCc3c(F)cc(F)cc3F)c(N3CCOCC3)cc21. The van der Waals surface area contributed by atoms with E-state index in [-0.39, 0.29) is 23.7 Å². The van der Waals surface area contributed by atoms with Crippen molar-refractivity contribution in [1.82, 2.24) is 4.57 Å². The fraction of sp³-hybridized carbons (Fsp3) is 0.385. The molecule has 37 heavy (non-hydrogen) atoms. The number of aliphatic hydroxyl groups excluding tert-OH is 1. The standard InChI is InChI=1S/C26H27F3N2O6/c1-14(2)23(12-32)31-11-17(26(34)35)25(33)16-9-24(22(10-21(16)31)30-3-5-36-6-4-30)37-13-18-19(28)7-15(27)8-20(18)29/h7-11,14,23,32H,3-6,12-13H2,1-2H3,(H,34,35). The van der Waals surface area contributed by atoms with Crippen LogP contribution < -0.4 is 15.1 Å². The number of benzene rings is 2. The summed E-state index contributed by atoms with van der Waals surface area (Å²) >= 11 is 0. The molecule has 1 aliphatic rings. The van der Waals surface area contributed by atoms with Crippen LogP contribution in [0.25, 0.3) is 10.9 Å². The number of carboxylic acid groups (broad SMARTS) is 1. The van der Waals surface area contributed by atoms with Gasteiger partial charge >= 0.3 is 5.97 Å². The lowest BCUT2D eigenvalue weighted by Crippen LogP contribution is -2.36. The van der Waals surface area contributed by atoms with E-state index in [1.54, 1.807) is 10.6 Å². The average molecular weight is 521 g/mol. The molecule has 1 atom stereocenters. The number of aliphatic hydroxyl groups is 1. The number of aromatic carboxylic acids is 1. The van der Waals surface area contributed by atoms with E-state index in [1.165, 1.54) is 12.3 Å². The molecule has 11 heteroatoms. The number of hydrogen-bond donors (Lipinski definition) is 2. The molecule has 3 aromatic rings. The second-order valence-electron chi connectivity index (χ2n) is 9.15. The van der Waals surface area contributed by atoms with E-state index in [9.17, 15) is 33.0 Å². The third-order valence-corrected chi connectivity index (χ3v) is 6.49. The molecular formula is C26H27F3N2O6. The second kappa shape index (κ2) is 10.8. The van der Waals surface area contributed by atoms with Crippen molar-refractivity contribution in [2.75, 3.05) is 37.8 Å². The molecule has 0 spiro atoms. The van der Waals surface area contributed by atoms with Crippen LogP contribution in [-0.2, 0) is 11.3 Å². The van der Waals surface area contributed by atoms with Crippen LogP contribution in [0.3, 0.4) is 0 Å². The van der Waals surface area contributed by atoms with Gasteiger partial charge in [-0.05, 0) is 18.1 Å². The van der Waals surface area contributed by atoms with Gasteiger partial charge in [0.15, 0.2) is 0 Å². The minimum absolute atomic E-state index is 0.00561. The zero-order valence-electron chi connectivity index (χ0n) is 20.3. The van der Waals surface area contributed by atoms with Crippen molar-refractivity contribution >= 4 is 22.6 Å². The molecular weight excluding hydrogens is 493 g/mol. The lowest BCUT2D eigenvalue weighted by Gasteiger charge is -2.31. The van der Waals surface area contributed by atoms with Crippen molar-refractivity contribution in [3.63, 3.8) is 0 Å². The van der Waals surface area contributed by atoms with Crippen LogP contribution in [0.5, 0.6) is 5.75 Å². The first kappa shape index (κ1) is 26.5. The van der Waals surface area contributed by atoms with Crippen LogP contribution in [0.15, 0.2) is 35.3 Å². The highest BCUT2D eigenvalue weighted by atomic mass is 19.1. The Balaban J connectivity index is 1.92. The maximum absolute atomic E-state index is 14.3. The first-order valence-electron chi connectivity index (χ1n) is 11.8. The molecule has 2 heterocycles. The van der Waals surface area contributed by atoms with E-state index in [2.05, 4.69) is 0 Å². The molecule has 0 saturated carbocycles. The third kappa shape index (κ3) is 5.28. The van der Waals surface area contributed by atoms with Crippen molar-refractivity contribution in [2.45, 2.75) is 26.5 Å². The summed E-state index contributed by atoms with van der Waals surface area (Å²) in [5.41, 5.74) is -0.888. The number of carbonyl (C=O) groups is 1. The lowest BCUT2D eigenvalue weighted by atomic mass is 10.0. The smallest absolute Gasteiger partial charge is 0.341 e. The number of rotatable bonds is 8. The second-order valence-corrected chi connectivity index (χ2v) is 9.15. The van der Waals surface area contributed by atoms with E-state index >= 15 is 0 Å². The van der Waals surface area contributed by atoms with Gasteiger partial charge in [-0.2, -0.15) is 0 Å². The van der Waals surface area contributed by atoms with E-state index < -0.39 is 52.6 Å². The Morgan fingerprint density at radius 3 is 2.32 bits per heavy atom. The number of nitrogens with zero attached hydrogens (tertiary/aromatic N) is 2. The van der Waals surface area contributed by atoms with Gasteiger partial charge in [0.05, 0.1) is 48.0 Å². The Hall–Kier alpha value is -3.57. The Morgan fingerprint density at radius 2 is 1.76 bits per heavy atom. The van der Waals surface area contributed by atoms with Gasteiger partial charge in [-0.3, -0.25) is 4.79 Å². The topological polar surface area (TPSA) is 101 Å². The summed E-state index contributed by atoms with van der Waals surface area (Å²) in [6.45, 7) is 4.57. The molecule has 4 rings (SSSR count). The number of pyridine rings is 1. The Morgan fingerprint density at radius 1 is 1.11 bits per heavy atom. The molecule has 1 unspecified atom stereocenters. The van der Waals surface area contributed by atoms with Gasteiger partial charge in [-0.1, -0.05) is 13.8 Å². The van der Waals surface area contributed by atoms with E-state index in [0.717, 1.165) is 0 Å². The Bertz CT molecular complexity index is 1360. The number of ether oxygens (including phenoxy) is 2. The predicted octanol–water partition coefficient (Wildman–Crippen LogP) is 3.72. The molecule has 1 fully saturated rings. The highest BCUT2D eigenvalue weighted by molar-refractivity contribution is 5.94. The molecule has 1 saturated heterocycles. The van der Waals surface area contributed by atoms with Crippen LogP contribution in [0.2, 0.25) is 0 Å². The molecule has 1 aliphatic heterocycles. The largest absolute Gasteiger partial charge is 0.486 e. The number of hydrogen-bond acceptors (Lipinski definition) is 6. The highest BCUT2D eigenvalue weighted by Gasteiger charge is 2.25. The van der Waals surface area contributed by atoms with Gasteiger partial charge in [0.25, 0.3) is 0 Å². The van der Waals surface area contributed by atoms with Crippen molar-refractivity contribution in [3.8, 4) is 5.75 Å². The van der Waals surface area contributed by atoms with Crippen molar-refractivity contribution in [2.24, 2.45) is 5.92 Å². The molecule has 0 aliphatic carbocycles. The summed E-state index contributed by atoms with van der Waals surface area (Å²) in [5.74, 6) is -4.76. The molecule has 0 amide bonds. The molecule has 2 N–H and O–H groups in total.